The lowest BCUT2D eigenvalue weighted by Crippen LogP contribution is -2.47. The molecule has 0 radical (unpaired) electrons. The molecule has 0 aromatic rings. The number of carbonyl (C=O) groups is 1. The van der Waals surface area contributed by atoms with Gasteiger partial charge in [0.25, 0.3) is 0 Å². The van der Waals surface area contributed by atoms with E-state index in [1.54, 1.807) is 0 Å². The van der Waals surface area contributed by atoms with Gasteiger partial charge in [0.05, 0.1) is 6.61 Å². The molecule has 2 N–H and O–H groups in total. The largest absolute Gasteiger partial charge is 0.480 e. The maximum absolute atomic E-state index is 11.2. The lowest BCUT2D eigenvalue weighted by molar-refractivity contribution is -0.144. The van der Waals surface area contributed by atoms with E-state index < -0.39 is 12.0 Å². The molecular weight excluding hydrogens is 206 g/mol. The van der Waals surface area contributed by atoms with Crippen molar-refractivity contribution in [1.29, 1.82) is 0 Å². The standard InChI is InChI=1S/C12H23NO3/c1-2-5-11(12(15)16)13(8-9-14)10-6-3-4-7-10/h10-11,14H,2-9H2,1H3,(H,15,16). The van der Waals surface area contributed by atoms with Crippen LogP contribution in [0.2, 0.25) is 0 Å². The summed E-state index contributed by atoms with van der Waals surface area (Å²) in [5, 5.41) is 18.3. The SMILES string of the molecule is CCCC(C(=O)O)N(CCO)C1CCCC1. The minimum Gasteiger partial charge on any atom is -0.480 e. The lowest BCUT2D eigenvalue weighted by Gasteiger charge is -2.33. The fourth-order valence-corrected chi connectivity index (χ4v) is 2.65. The van der Waals surface area contributed by atoms with Crippen molar-refractivity contribution in [2.24, 2.45) is 0 Å². The van der Waals surface area contributed by atoms with Crippen LogP contribution in [0.3, 0.4) is 0 Å². The summed E-state index contributed by atoms with van der Waals surface area (Å²) >= 11 is 0. The molecule has 4 heteroatoms. The van der Waals surface area contributed by atoms with Gasteiger partial charge in [-0.25, -0.2) is 0 Å². The minimum absolute atomic E-state index is 0.0456. The van der Waals surface area contributed by atoms with E-state index in [1.807, 2.05) is 11.8 Å². The highest BCUT2D eigenvalue weighted by Crippen LogP contribution is 2.26. The third-order valence-corrected chi connectivity index (χ3v) is 3.40. The number of nitrogens with zero attached hydrogens (tertiary/aromatic N) is 1. The molecule has 1 atom stereocenters. The maximum Gasteiger partial charge on any atom is 0.320 e. The summed E-state index contributed by atoms with van der Waals surface area (Å²) in [6.07, 6.45) is 6.06. The number of carboxylic acids is 1. The van der Waals surface area contributed by atoms with Crippen LogP contribution in [0.5, 0.6) is 0 Å². The molecule has 1 aliphatic carbocycles. The van der Waals surface area contributed by atoms with E-state index in [0.717, 1.165) is 19.3 Å². The minimum atomic E-state index is -0.748. The summed E-state index contributed by atoms with van der Waals surface area (Å²) in [4.78, 5) is 13.2. The summed E-state index contributed by atoms with van der Waals surface area (Å²) < 4.78 is 0. The molecule has 16 heavy (non-hydrogen) atoms. The topological polar surface area (TPSA) is 60.8 Å². The molecule has 0 amide bonds. The Morgan fingerprint density at radius 2 is 2.06 bits per heavy atom. The van der Waals surface area contributed by atoms with Gasteiger partial charge in [-0.3, -0.25) is 9.69 Å². The molecule has 94 valence electrons. The average molecular weight is 229 g/mol. The first kappa shape index (κ1) is 13.5. The molecule has 0 aromatic heterocycles. The Labute approximate surface area is 97.3 Å². The lowest BCUT2D eigenvalue weighted by atomic mass is 10.1. The van der Waals surface area contributed by atoms with E-state index in [-0.39, 0.29) is 6.61 Å². The number of hydrogen-bond acceptors (Lipinski definition) is 3. The van der Waals surface area contributed by atoms with Gasteiger partial charge in [0.1, 0.15) is 6.04 Å². The van der Waals surface area contributed by atoms with Crippen molar-refractivity contribution in [3.63, 3.8) is 0 Å². The molecular formula is C12H23NO3. The highest BCUT2D eigenvalue weighted by Gasteiger charge is 2.31. The number of hydrogen-bond donors (Lipinski definition) is 2. The summed E-state index contributed by atoms with van der Waals surface area (Å²) in [6.45, 7) is 2.54. The van der Waals surface area contributed by atoms with Crippen LogP contribution in [-0.4, -0.2) is 46.3 Å². The third kappa shape index (κ3) is 3.46. The Morgan fingerprint density at radius 1 is 1.44 bits per heavy atom. The van der Waals surface area contributed by atoms with Crippen molar-refractivity contribution >= 4 is 5.97 Å². The van der Waals surface area contributed by atoms with Gasteiger partial charge in [0.15, 0.2) is 0 Å². The van der Waals surface area contributed by atoms with Crippen molar-refractivity contribution in [2.75, 3.05) is 13.2 Å². The van der Waals surface area contributed by atoms with Gasteiger partial charge in [-0.15, -0.1) is 0 Å². The molecule has 0 aromatic carbocycles. The van der Waals surface area contributed by atoms with E-state index in [0.29, 0.717) is 19.0 Å². The van der Waals surface area contributed by atoms with E-state index in [1.165, 1.54) is 12.8 Å². The van der Waals surface area contributed by atoms with E-state index in [9.17, 15) is 9.90 Å². The van der Waals surface area contributed by atoms with Gasteiger partial charge < -0.3 is 10.2 Å². The summed E-state index contributed by atoms with van der Waals surface area (Å²) in [5.74, 6) is -0.748. The van der Waals surface area contributed by atoms with E-state index >= 15 is 0 Å². The quantitative estimate of drug-likeness (QED) is 0.694. The van der Waals surface area contributed by atoms with Gasteiger partial charge in [-0.2, -0.15) is 0 Å². The fraction of sp³-hybridized carbons (Fsp3) is 0.917. The van der Waals surface area contributed by atoms with Crippen molar-refractivity contribution in [3.05, 3.63) is 0 Å². The zero-order valence-corrected chi connectivity index (χ0v) is 10.1. The molecule has 0 heterocycles. The Bertz CT molecular complexity index is 214. The molecule has 1 rings (SSSR count). The van der Waals surface area contributed by atoms with Crippen LogP contribution in [0, 0.1) is 0 Å². The van der Waals surface area contributed by atoms with Crippen LogP contribution in [0.25, 0.3) is 0 Å². The number of rotatable bonds is 7. The van der Waals surface area contributed by atoms with Crippen molar-refractivity contribution in [3.8, 4) is 0 Å². The molecule has 4 nitrogen and oxygen atoms in total. The summed E-state index contributed by atoms with van der Waals surface area (Å²) in [5.41, 5.74) is 0. The molecule has 1 saturated carbocycles. The van der Waals surface area contributed by atoms with Crippen LogP contribution < -0.4 is 0 Å². The predicted molar refractivity (Wildman–Crippen MR) is 62.4 cm³/mol. The summed E-state index contributed by atoms with van der Waals surface area (Å²) in [7, 11) is 0. The van der Waals surface area contributed by atoms with Gasteiger partial charge in [-0.1, -0.05) is 26.2 Å². The van der Waals surface area contributed by atoms with Crippen molar-refractivity contribution in [2.45, 2.75) is 57.5 Å². The second kappa shape index (κ2) is 6.86. The Hall–Kier alpha value is -0.610. The number of carboxylic acid groups (broad SMARTS) is 1. The number of aliphatic carboxylic acids is 1. The van der Waals surface area contributed by atoms with Crippen LogP contribution in [0.4, 0.5) is 0 Å². The van der Waals surface area contributed by atoms with Crippen LogP contribution in [0.15, 0.2) is 0 Å². The molecule has 1 unspecified atom stereocenters. The van der Waals surface area contributed by atoms with Crippen LogP contribution >= 0.6 is 0 Å². The Balaban J connectivity index is 2.67. The number of aliphatic hydroxyl groups excluding tert-OH is 1. The van der Waals surface area contributed by atoms with Gasteiger partial charge >= 0.3 is 5.97 Å². The maximum atomic E-state index is 11.2. The fourth-order valence-electron chi connectivity index (χ4n) is 2.65. The van der Waals surface area contributed by atoms with Crippen LogP contribution in [0.1, 0.15) is 45.4 Å². The smallest absolute Gasteiger partial charge is 0.320 e. The number of aliphatic hydroxyl groups is 1. The van der Waals surface area contributed by atoms with Crippen molar-refractivity contribution < 1.29 is 15.0 Å². The first-order chi connectivity index (χ1) is 7.70. The highest BCUT2D eigenvalue weighted by molar-refractivity contribution is 5.73. The zero-order valence-electron chi connectivity index (χ0n) is 10.1. The van der Waals surface area contributed by atoms with E-state index in [4.69, 9.17) is 5.11 Å². The summed E-state index contributed by atoms with van der Waals surface area (Å²) in [6, 6.07) is -0.0555. The average Bonchev–Trinajstić information content (AvgIpc) is 2.76. The third-order valence-electron chi connectivity index (χ3n) is 3.40. The van der Waals surface area contributed by atoms with E-state index in [2.05, 4.69) is 0 Å². The van der Waals surface area contributed by atoms with Gasteiger partial charge in [0.2, 0.25) is 0 Å². The van der Waals surface area contributed by atoms with Crippen LogP contribution in [-0.2, 0) is 4.79 Å². The Morgan fingerprint density at radius 3 is 2.50 bits per heavy atom. The molecule has 0 saturated heterocycles. The Kier molecular flexibility index (Phi) is 5.77. The highest BCUT2D eigenvalue weighted by atomic mass is 16.4. The molecule has 1 aliphatic rings. The second-order valence-electron chi connectivity index (χ2n) is 4.54. The van der Waals surface area contributed by atoms with Gasteiger partial charge in [-0.05, 0) is 19.3 Å². The first-order valence-corrected chi connectivity index (χ1v) is 6.30. The van der Waals surface area contributed by atoms with Crippen molar-refractivity contribution in [1.82, 2.24) is 4.90 Å². The molecule has 1 fully saturated rings. The normalized spacial score (nSPS) is 19.2. The first-order valence-electron chi connectivity index (χ1n) is 6.30. The second-order valence-corrected chi connectivity index (χ2v) is 4.54. The monoisotopic (exact) mass is 229 g/mol. The predicted octanol–water partition coefficient (Wildman–Crippen LogP) is 1.48. The zero-order chi connectivity index (χ0) is 12.0. The van der Waals surface area contributed by atoms with Gasteiger partial charge in [0, 0.05) is 12.6 Å². The molecule has 0 bridgehead atoms. The molecule has 0 aliphatic heterocycles. The molecule has 0 spiro atoms.